The molecule has 0 spiro atoms. The highest BCUT2D eigenvalue weighted by Crippen LogP contribution is 2.22. The van der Waals surface area contributed by atoms with Crippen LogP contribution in [0.1, 0.15) is 52.4 Å². The number of hydrogen-bond donors (Lipinski definition) is 1. The number of aromatic amines is 1. The van der Waals surface area contributed by atoms with Crippen LogP contribution in [0.3, 0.4) is 0 Å². The summed E-state index contributed by atoms with van der Waals surface area (Å²) in [5.41, 5.74) is 0.183. The fourth-order valence-corrected chi connectivity index (χ4v) is 3.73. The van der Waals surface area contributed by atoms with Crippen LogP contribution in [-0.4, -0.2) is 24.9 Å². The average Bonchev–Trinajstić information content (AvgIpc) is 2.95. The molecule has 0 amide bonds. The van der Waals surface area contributed by atoms with Crippen LogP contribution in [0.2, 0.25) is 0 Å². The van der Waals surface area contributed by atoms with Crippen molar-refractivity contribution in [2.75, 3.05) is 5.75 Å². The molecule has 0 unspecified atom stereocenters. The van der Waals surface area contributed by atoms with Gasteiger partial charge >= 0.3 is 5.69 Å². The largest absolute Gasteiger partial charge is 0.329 e. The van der Waals surface area contributed by atoms with Crippen molar-refractivity contribution in [1.82, 2.24) is 19.1 Å². The van der Waals surface area contributed by atoms with Crippen LogP contribution < -0.4 is 11.2 Å². The molecule has 6 nitrogen and oxygen atoms in total. The Morgan fingerprint density at radius 1 is 1.16 bits per heavy atom. The van der Waals surface area contributed by atoms with E-state index in [0.29, 0.717) is 11.2 Å². The van der Waals surface area contributed by atoms with Gasteiger partial charge in [-0.05, 0) is 13.3 Å². The fourth-order valence-electron chi connectivity index (χ4n) is 2.80. The minimum atomic E-state index is -0.424. The Hall–Kier alpha value is -1.76. The zero-order valence-corrected chi connectivity index (χ0v) is 16.2. The van der Waals surface area contributed by atoms with E-state index in [1.807, 2.05) is 17.6 Å². The number of unbranched alkanes of at least 4 members (excludes halogenated alkanes) is 5. The third-order valence-corrected chi connectivity index (χ3v) is 5.18. The van der Waals surface area contributed by atoms with E-state index in [1.165, 1.54) is 30.3 Å². The Morgan fingerprint density at radius 3 is 2.60 bits per heavy atom. The molecule has 2 aromatic heterocycles. The van der Waals surface area contributed by atoms with Crippen molar-refractivity contribution in [3.63, 3.8) is 0 Å². The van der Waals surface area contributed by atoms with Gasteiger partial charge in [-0.1, -0.05) is 62.9 Å². The Morgan fingerprint density at radius 2 is 1.88 bits per heavy atom. The van der Waals surface area contributed by atoms with E-state index in [-0.39, 0.29) is 5.56 Å². The van der Waals surface area contributed by atoms with Gasteiger partial charge in [0, 0.05) is 19.3 Å². The molecule has 0 saturated heterocycles. The standard InChI is InChI=1S/C18H28N4O2S/c1-4-6-8-9-10-11-12-22-14-15(19-18(22)25-13-7-5-2)21(3)17(24)20-16(14)23/h5,7H,4,6,8-13H2,1-3H3,(H,20,23,24). The lowest BCUT2D eigenvalue weighted by Gasteiger charge is -2.08. The van der Waals surface area contributed by atoms with E-state index in [9.17, 15) is 9.59 Å². The summed E-state index contributed by atoms with van der Waals surface area (Å²) < 4.78 is 3.38. The third kappa shape index (κ3) is 4.87. The monoisotopic (exact) mass is 364 g/mol. The first-order valence-corrected chi connectivity index (χ1v) is 10.0. The molecule has 0 radical (unpaired) electrons. The van der Waals surface area contributed by atoms with E-state index >= 15 is 0 Å². The first kappa shape index (κ1) is 19.6. The van der Waals surface area contributed by atoms with Crippen molar-refractivity contribution >= 4 is 22.9 Å². The van der Waals surface area contributed by atoms with Gasteiger partial charge in [-0.2, -0.15) is 0 Å². The van der Waals surface area contributed by atoms with Crippen LogP contribution in [0.25, 0.3) is 11.2 Å². The summed E-state index contributed by atoms with van der Waals surface area (Å²) in [6.07, 6.45) is 11.2. The number of imidazole rings is 1. The van der Waals surface area contributed by atoms with E-state index in [1.54, 1.807) is 18.8 Å². The summed E-state index contributed by atoms with van der Waals surface area (Å²) in [7, 11) is 1.64. The number of H-pyrrole nitrogens is 1. The molecule has 2 heterocycles. The molecule has 138 valence electrons. The number of thioether (sulfide) groups is 1. The number of nitrogens with zero attached hydrogens (tertiary/aromatic N) is 3. The molecule has 0 aliphatic rings. The molecule has 0 atom stereocenters. The molecule has 1 N–H and O–H groups in total. The zero-order chi connectivity index (χ0) is 18.2. The van der Waals surface area contributed by atoms with Gasteiger partial charge < -0.3 is 4.57 Å². The predicted octanol–water partition coefficient (Wildman–Crippen LogP) is 3.45. The zero-order valence-electron chi connectivity index (χ0n) is 15.4. The van der Waals surface area contributed by atoms with Crippen LogP contribution in [0, 0.1) is 0 Å². The number of hydrogen-bond acceptors (Lipinski definition) is 4. The highest BCUT2D eigenvalue weighted by atomic mass is 32.2. The quantitative estimate of drug-likeness (QED) is 0.398. The van der Waals surface area contributed by atoms with Gasteiger partial charge in [0.25, 0.3) is 5.56 Å². The van der Waals surface area contributed by atoms with Crippen LogP contribution in [-0.2, 0) is 13.6 Å². The van der Waals surface area contributed by atoms with E-state index in [0.717, 1.165) is 30.3 Å². The average molecular weight is 365 g/mol. The lowest BCUT2D eigenvalue weighted by molar-refractivity contribution is 0.544. The molecule has 0 aliphatic carbocycles. The lowest BCUT2D eigenvalue weighted by atomic mass is 10.1. The summed E-state index contributed by atoms with van der Waals surface area (Å²) in [5, 5.41) is 0.799. The summed E-state index contributed by atoms with van der Waals surface area (Å²) in [6, 6.07) is 0. The Balaban J connectivity index is 2.27. The molecule has 7 heteroatoms. The van der Waals surface area contributed by atoms with Crippen molar-refractivity contribution in [3.8, 4) is 0 Å². The molecule has 0 saturated carbocycles. The van der Waals surface area contributed by atoms with Gasteiger partial charge in [0.2, 0.25) is 0 Å². The first-order chi connectivity index (χ1) is 12.1. The maximum Gasteiger partial charge on any atom is 0.329 e. The summed E-state index contributed by atoms with van der Waals surface area (Å²) >= 11 is 1.59. The van der Waals surface area contributed by atoms with Gasteiger partial charge in [-0.3, -0.25) is 14.3 Å². The first-order valence-electron chi connectivity index (χ1n) is 9.03. The van der Waals surface area contributed by atoms with E-state index < -0.39 is 5.69 Å². The van der Waals surface area contributed by atoms with Crippen molar-refractivity contribution in [2.24, 2.45) is 7.05 Å². The molecule has 0 bridgehead atoms. The highest BCUT2D eigenvalue weighted by molar-refractivity contribution is 7.99. The van der Waals surface area contributed by atoms with Gasteiger partial charge in [-0.15, -0.1) is 0 Å². The molecule has 0 fully saturated rings. The van der Waals surface area contributed by atoms with Crippen molar-refractivity contribution in [3.05, 3.63) is 33.0 Å². The van der Waals surface area contributed by atoms with Crippen molar-refractivity contribution in [2.45, 2.75) is 64.1 Å². The summed E-state index contributed by atoms with van der Waals surface area (Å²) in [4.78, 5) is 31.1. The maximum absolute atomic E-state index is 12.3. The Bertz CT molecular complexity index is 832. The molecule has 25 heavy (non-hydrogen) atoms. The molecular weight excluding hydrogens is 336 g/mol. The number of allylic oxidation sites excluding steroid dienone is 1. The summed E-state index contributed by atoms with van der Waals surface area (Å²) in [5.74, 6) is 0.794. The minimum absolute atomic E-state index is 0.352. The molecule has 2 rings (SSSR count). The number of nitrogens with one attached hydrogen (secondary N) is 1. The normalized spacial score (nSPS) is 11.8. The number of rotatable bonds is 10. The van der Waals surface area contributed by atoms with E-state index in [4.69, 9.17) is 0 Å². The van der Waals surface area contributed by atoms with Crippen LogP contribution in [0.4, 0.5) is 0 Å². The van der Waals surface area contributed by atoms with Gasteiger partial charge in [-0.25, -0.2) is 9.78 Å². The number of fused-ring (bicyclic) bond motifs is 1. The van der Waals surface area contributed by atoms with Crippen molar-refractivity contribution < 1.29 is 0 Å². The van der Waals surface area contributed by atoms with Crippen LogP contribution in [0.15, 0.2) is 26.9 Å². The van der Waals surface area contributed by atoms with Crippen LogP contribution >= 0.6 is 11.8 Å². The molecule has 0 aromatic carbocycles. The fraction of sp³-hybridized carbons (Fsp3) is 0.611. The smallest absolute Gasteiger partial charge is 0.313 e. The second-order valence-corrected chi connectivity index (χ2v) is 7.17. The Labute approximate surface area is 152 Å². The minimum Gasteiger partial charge on any atom is -0.313 e. The predicted molar refractivity (Wildman–Crippen MR) is 105 cm³/mol. The van der Waals surface area contributed by atoms with Crippen LogP contribution in [0.5, 0.6) is 0 Å². The third-order valence-electron chi connectivity index (χ3n) is 4.25. The number of aromatic nitrogens is 4. The summed E-state index contributed by atoms with van der Waals surface area (Å²) in [6.45, 7) is 4.94. The molecule has 0 aliphatic heterocycles. The SMILES string of the molecule is CC=CCSc1nc2c(c(=O)[nH]c(=O)n2C)n1CCCCCCCC. The second kappa shape index (κ2) is 9.65. The van der Waals surface area contributed by atoms with Gasteiger partial charge in [0.15, 0.2) is 16.3 Å². The molecular formula is C18H28N4O2S. The topological polar surface area (TPSA) is 72.7 Å². The lowest BCUT2D eigenvalue weighted by Crippen LogP contribution is -2.29. The number of aryl methyl sites for hydroxylation is 2. The Kier molecular flexibility index (Phi) is 7.55. The highest BCUT2D eigenvalue weighted by Gasteiger charge is 2.17. The maximum atomic E-state index is 12.3. The molecule has 2 aromatic rings. The second-order valence-electron chi connectivity index (χ2n) is 6.18. The van der Waals surface area contributed by atoms with Gasteiger partial charge in [0.1, 0.15) is 0 Å². The van der Waals surface area contributed by atoms with E-state index in [2.05, 4.69) is 23.0 Å². The van der Waals surface area contributed by atoms with Gasteiger partial charge in [0.05, 0.1) is 0 Å². The van der Waals surface area contributed by atoms with Crippen molar-refractivity contribution in [1.29, 1.82) is 0 Å².